The maximum Gasteiger partial charge on any atom is 0.262 e. The van der Waals surface area contributed by atoms with Crippen molar-refractivity contribution in [2.24, 2.45) is 7.05 Å². The normalized spacial score (nSPS) is 19.5. The number of benzene rings is 2. The molecule has 4 rings (SSSR count). The maximum atomic E-state index is 13.1. The van der Waals surface area contributed by atoms with E-state index < -0.39 is 10.0 Å². The SMILES string of the molecule is Cn1cnc(S(=O)(=O)N2CC(Nc3ccc(Cl)c(C#N)c3)C(c3ccccc3)C2)c1. The van der Waals surface area contributed by atoms with Crippen molar-refractivity contribution in [3.8, 4) is 6.07 Å². The largest absolute Gasteiger partial charge is 0.380 e. The number of imidazole rings is 1. The Bertz CT molecular complexity index is 1200. The third-order valence-electron chi connectivity index (χ3n) is 5.24. The van der Waals surface area contributed by atoms with Gasteiger partial charge in [0.05, 0.1) is 16.9 Å². The predicted octanol–water partition coefficient (Wildman–Crippen LogP) is 3.21. The number of hydrogen-bond donors (Lipinski definition) is 1. The summed E-state index contributed by atoms with van der Waals surface area (Å²) in [4.78, 5) is 4.03. The van der Waals surface area contributed by atoms with E-state index in [1.807, 2.05) is 30.3 Å². The number of sulfonamides is 1. The second-order valence-electron chi connectivity index (χ2n) is 7.27. The summed E-state index contributed by atoms with van der Waals surface area (Å²) in [5, 5.41) is 13.1. The molecule has 1 aliphatic heterocycles. The summed E-state index contributed by atoms with van der Waals surface area (Å²) in [5.41, 5.74) is 2.14. The number of rotatable bonds is 5. The van der Waals surface area contributed by atoms with Gasteiger partial charge in [0.25, 0.3) is 10.0 Å². The van der Waals surface area contributed by atoms with Crippen molar-refractivity contribution in [1.82, 2.24) is 13.9 Å². The van der Waals surface area contributed by atoms with Crippen LogP contribution < -0.4 is 5.32 Å². The Labute approximate surface area is 180 Å². The average molecular weight is 442 g/mol. The monoisotopic (exact) mass is 441 g/mol. The molecule has 2 unspecified atom stereocenters. The maximum absolute atomic E-state index is 13.1. The number of hydrogen-bond acceptors (Lipinski definition) is 5. The molecule has 3 aromatic rings. The molecule has 0 aliphatic carbocycles. The zero-order chi connectivity index (χ0) is 21.3. The van der Waals surface area contributed by atoms with E-state index in [0.717, 1.165) is 11.3 Å². The highest BCUT2D eigenvalue weighted by Gasteiger charge is 2.41. The lowest BCUT2D eigenvalue weighted by atomic mass is 9.94. The molecule has 1 fully saturated rings. The molecule has 7 nitrogen and oxygen atoms in total. The van der Waals surface area contributed by atoms with Crippen LogP contribution in [0.25, 0.3) is 0 Å². The lowest BCUT2D eigenvalue weighted by Crippen LogP contribution is -2.32. The number of aryl methyl sites for hydroxylation is 1. The number of anilines is 1. The molecular weight excluding hydrogens is 422 g/mol. The average Bonchev–Trinajstić information content (AvgIpc) is 3.37. The highest BCUT2D eigenvalue weighted by Crippen LogP contribution is 2.33. The van der Waals surface area contributed by atoms with Crippen molar-refractivity contribution < 1.29 is 8.42 Å². The zero-order valence-electron chi connectivity index (χ0n) is 16.2. The van der Waals surface area contributed by atoms with Crippen LogP contribution in [0.5, 0.6) is 0 Å². The third kappa shape index (κ3) is 3.92. The van der Waals surface area contributed by atoms with E-state index in [2.05, 4.69) is 16.4 Å². The second-order valence-corrected chi connectivity index (χ2v) is 9.57. The molecule has 9 heteroatoms. The number of aromatic nitrogens is 2. The minimum Gasteiger partial charge on any atom is -0.380 e. The Kier molecular flexibility index (Phi) is 5.52. The van der Waals surface area contributed by atoms with E-state index in [9.17, 15) is 13.7 Å². The van der Waals surface area contributed by atoms with Gasteiger partial charge < -0.3 is 9.88 Å². The van der Waals surface area contributed by atoms with Gasteiger partial charge in [-0.1, -0.05) is 41.9 Å². The topological polar surface area (TPSA) is 91.0 Å². The van der Waals surface area contributed by atoms with E-state index in [1.165, 1.54) is 16.8 Å². The van der Waals surface area contributed by atoms with Crippen molar-refractivity contribution >= 4 is 27.3 Å². The second kappa shape index (κ2) is 8.11. The molecule has 30 heavy (non-hydrogen) atoms. The van der Waals surface area contributed by atoms with Gasteiger partial charge in [0.15, 0.2) is 5.03 Å². The summed E-state index contributed by atoms with van der Waals surface area (Å²) in [6, 6.07) is 16.8. The quantitative estimate of drug-likeness (QED) is 0.656. The fourth-order valence-electron chi connectivity index (χ4n) is 3.72. The Morgan fingerprint density at radius 1 is 1.20 bits per heavy atom. The predicted molar refractivity (Wildman–Crippen MR) is 115 cm³/mol. The fraction of sp³-hybridized carbons (Fsp3) is 0.238. The Morgan fingerprint density at radius 2 is 1.97 bits per heavy atom. The van der Waals surface area contributed by atoms with Crippen LogP contribution in [-0.2, 0) is 17.1 Å². The first-order valence-corrected chi connectivity index (χ1v) is 11.2. The van der Waals surface area contributed by atoms with Crippen LogP contribution in [0.2, 0.25) is 5.02 Å². The molecule has 1 aliphatic rings. The number of nitrogens with one attached hydrogen (secondary N) is 1. The summed E-state index contributed by atoms with van der Waals surface area (Å²) in [5.74, 6) is -0.0640. The van der Waals surface area contributed by atoms with Crippen LogP contribution in [0.1, 0.15) is 17.0 Å². The molecule has 0 radical (unpaired) electrons. The standard InChI is InChI=1S/C21H20ClN5O2S/c1-26-13-21(24-14-26)30(28,29)27-11-18(15-5-3-2-4-6-15)20(12-27)25-17-7-8-19(22)16(9-17)10-23/h2-9,13-14,18,20,25H,11-12H2,1H3. The molecule has 154 valence electrons. The molecule has 0 amide bonds. The van der Waals surface area contributed by atoms with Gasteiger partial charge >= 0.3 is 0 Å². The lowest BCUT2D eigenvalue weighted by molar-refractivity contribution is 0.468. The first-order valence-electron chi connectivity index (χ1n) is 9.38. The van der Waals surface area contributed by atoms with Gasteiger partial charge in [0.2, 0.25) is 0 Å². The highest BCUT2D eigenvalue weighted by atomic mass is 35.5. The van der Waals surface area contributed by atoms with Gasteiger partial charge in [0.1, 0.15) is 6.07 Å². The molecule has 2 atom stereocenters. The van der Waals surface area contributed by atoms with Crippen LogP contribution in [0.3, 0.4) is 0 Å². The molecule has 1 N–H and O–H groups in total. The van der Waals surface area contributed by atoms with Gasteiger partial charge in [0, 0.05) is 44.0 Å². The van der Waals surface area contributed by atoms with Crippen LogP contribution in [0.15, 0.2) is 66.1 Å². The van der Waals surface area contributed by atoms with Gasteiger partial charge in [-0.3, -0.25) is 0 Å². The minimum atomic E-state index is -3.72. The summed E-state index contributed by atoms with van der Waals surface area (Å²) < 4.78 is 29.3. The van der Waals surface area contributed by atoms with E-state index in [1.54, 1.807) is 29.8 Å². The van der Waals surface area contributed by atoms with Crippen molar-refractivity contribution in [2.45, 2.75) is 17.0 Å². The van der Waals surface area contributed by atoms with Gasteiger partial charge in [-0.15, -0.1) is 0 Å². The van der Waals surface area contributed by atoms with E-state index in [-0.39, 0.29) is 23.5 Å². The highest BCUT2D eigenvalue weighted by molar-refractivity contribution is 7.89. The van der Waals surface area contributed by atoms with Crippen molar-refractivity contribution in [2.75, 3.05) is 18.4 Å². The van der Waals surface area contributed by atoms with Gasteiger partial charge in [-0.25, -0.2) is 13.4 Å². The smallest absolute Gasteiger partial charge is 0.262 e. The minimum absolute atomic E-state index is 0.0377. The molecule has 0 saturated carbocycles. The van der Waals surface area contributed by atoms with Crippen LogP contribution in [0.4, 0.5) is 5.69 Å². The molecular formula is C21H20ClN5O2S. The summed E-state index contributed by atoms with van der Waals surface area (Å²) >= 11 is 6.04. The lowest BCUT2D eigenvalue weighted by Gasteiger charge is -2.21. The summed E-state index contributed by atoms with van der Waals surface area (Å²) in [6.45, 7) is 0.613. The number of nitrogens with zero attached hydrogens (tertiary/aromatic N) is 4. The van der Waals surface area contributed by atoms with Gasteiger partial charge in [-0.2, -0.15) is 9.57 Å². The number of nitriles is 1. The first-order chi connectivity index (χ1) is 14.4. The van der Waals surface area contributed by atoms with Crippen LogP contribution >= 0.6 is 11.6 Å². The summed E-state index contributed by atoms with van der Waals surface area (Å²) in [7, 11) is -1.98. The number of halogens is 1. The van der Waals surface area contributed by atoms with Crippen molar-refractivity contribution in [3.63, 3.8) is 0 Å². The Morgan fingerprint density at radius 3 is 2.63 bits per heavy atom. The zero-order valence-corrected chi connectivity index (χ0v) is 17.8. The summed E-state index contributed by atoms with van der Waals surface area (Å²) in [6.07, 6.45) is 2.98. The van der Waals surface area contributed by atoms with E-state index >= 15 is 0 Å². The van der Waals surface area contributed by atoms with Crippen LogP contribution in [-0.4, -0.2) is 41.4 Å². The third-order valence-corrected chi connectivity index (χ3v) is 7.29. The molecule has 1 saturated heterocycles. The Hall–Kier alpha value is -2.86. The van der Waals surface area contributed by atoms with E-state index in [4.69, 9.17) is 11.6 Å². The molecule has 0 spiro atoms. The Balaban J connectivity index is 1.66. The van der Waals surface area contributed by atoms with Crippen LogP contribution in [0, 0.1) is 11.3 Å². The van der Waals surface area contributed by atoms with Gasteiger partial charge in [-0.05, 0) is 23.8 Å². The molecule has 1 aromatic heterocycles. The van der Waals surface area contributed by atoms with Crippen molar-refractivity contribution in [1.29, 1.82) is 5.26 Å². The molecule has 0 bridgehead atoms. The first kappa shape index (κ1) is 20.4. The van der Waals surface area contributed by atoms with Crippen molar-refractivity contribution in [3.05, 3.63) is 77.2 Å². The molecule has 2 aromatic carbocycles. The van der Waals surface area contributed by atoms with E-state index in [0.29, 0.717) is 17.1 Å². The molecule has 2 heterocycles. The fourth-order valence-corrected chi connectivity index (χ4v) is 5.34.